The third kappa shape index (κ3) is 4.15. The van der Waals surface area contributed by atoms with E-state index in [2.05, 4.69) is 23.6 Å². The van der Waals surface area contributed by atoms with Gasteiger partial charge in [-0.3, -0.25) is 9.59 Å². The van der Waals surface area contributed by atoms with Gasteiger partial charge < -0.3 is 15.5 Å². The van der Waals surface area contributed by atoms with Crippen molar-refractivity contribution in [3.63, 3.8) is 0 Å². The molecule has 130 valence electrons. The zero-order chi connectivity index (χ0) is 16.9. The Morgan fingerprint density at radius 3 is 2.83 bits per heavy atom. The summed E-state index contributed by atoms with van der Waals surface area (Å²) in [7, 11) is 0. The third-order valence-corrected chi connectivity index (χ3v) is 4.95. The van der Waals surface area contributed by atoms with Crippen LogP contribution in [0.1, 0.15) is 43.7 Å². The number of hydrogen-bond donors (Lipinski definition) is 2. The number of nitrogens with zero attached hydrogens (tertiary/aromatic N) is 1. The minimum atomic E-state index is 0.0749. The molecule has 2 aliphatic rings. The van der Waals surface area contributed by atoms with Crippen LogP contribution in [0.15, 0.2) is 18.2 Å². The number of rotatable bonds is 5. The van der Waals surface area contributed by atoms with Gasteiger partial charge in [0.2, 0.25) is 11.8 Å². The topological polar surface area (TPSA) is 61.4 Å². The number of carbonyl (C=O) groups is 2. The lowest BCUT2D eigenvalue weighted by Crippen LogP contribution is -2.45. The molecule has 2 aliphatic heterocycles. The van der Waals surface area contributed by atoms with E-state index in [1.54, 1.807) is 0 Å². The molecule has 0 atom stereocenters. The Hall–Kier alpha value is -1.88. The van der Waals surface area contributed by atoms with Gasteiger partial charge in [-0.25, -0.2) is 0 Å². The van der Waals surface area contributed by atoms with Crippen LogP contribution in [0.4, 0.5) is 5.69 Å². The third-order valence-electron chi connectivity index (χ3n) is 4.95. The van der Waals surface area contributed by atoms with Gasteiger partial charge >= 0.3 is 0 Å². The van der Waals surface area contributed by atoms with E-state index >= 15 is 0 Å². The largest absolute Gasteiger partial charge is 0.342 e. The summed E-state index contributed by atoms with van der Waals surface area (Å²) >= 11 is 0. The number of likely N-dealkylation sites (tertiary alicyclic amines) is 1. The standard InChI is InChI=1S/C19H27N3O2/c1-2-9-20-16-7-10-22(11-8-16)19(24)13-14-3-5-17-15(12-14)4-6-18(23)21-17/h3,5,12,16,20H,2,4,6-11,13H2,1H3,(H,21,23). The summed E-state index contributed by atoms with van der Waals surface area (Å²) in [6, 6.07) is 6.51. The van der Waals surface area contributed by atoms with Crippen molar-refractivity contribution in [2.24, 2.45) is 0 Å². The maximum Gasteiger partial charge on any atom is 0.226 e. The highest BCUT2D eigenvalue weighted by molar-refractivity contribution is 5.94. The van der Waals surface area contributed by atoms with E-state index in [1.807, 2.05) is 17.0 Å². The van der Waals surface area contributed by atoms with Gasteiger partial charge in [0.05, 0.1) is 6.42 Å². The van der Waals surface area contributed by atoms with Crippen LogP contribution in [-0.4, -0.2) is 42.4 Å². The summed E-state index contributed by atoms with van der Waals surface area (Å²) < 4.78 is 0. The van der Waals surface area contributed by atoms with Crippen molar-refractivity contribution < 1.29 is 9.59 Å². The SMILES string of the molecule is CCCNC1CCN(C(=O)Cc2ccc3c(c2)CCC(=O)N3)CC1. The number of fused-ring (bicyclic) bond motifs is 1. The predicted molar refractivity (Wildman–Crippen MR) is 95.0 cm³/mol. The summed E-state index contributed by atoms with van der Waals surface area (Å²) in [4.78, 5) is 25.9. The molecule has 0 aliphatic carbocycles. The van der Waals surface area contributed by atoms with Gasteiger partial charge in [-0.1, -0.05) is 19.1 Å². The van der Waals surface area contributed by atoms with Crippen molar-refractivity contribution >= 4 is 17.5 Å². The monoisotopic (exact) mass is 329 g/mol. The summed E-state index contributed by atoms with van der Waals surface area (Å²) in [6.45, 7) is 4.93. The fourth-order valence-electron chi connectivity index (χ4n) is 3.51. The fourth-order valence-corrected chi connectivity index (χ4v) is 3.51. The van der Waals surface area contributed by atoms with Crippen LogP contribution in [0.5, 0.6) is 0 Å². The minimum Gasteiger partial charge on any atom is -0.342 e. The Labute approximate surface area is 143 Å². The summed E-state index contributed by atoms with van der Waals surface area (Å²) in [6.07, 6.45) is 4.98. The van der Waals surface area contributed by atoms with E-state index in [1.165, 1.54) is 0 Å². The van der Waals surface area contributed by atoms with Gasteiger partial charge in [-0.2, -0.15) is 0 Å². The average Bonchev–Trinajstić information content (AvgIpc) is 2.60. The average molecular weight is 329 g/mol. The Balaban J connectivity index is 1.53. The van der Waals surface area contributed by atoms with Gasteiger partial charge in [0.15, 0.2) is 0 Å². The zero-order valence-electron chi connectivity index (χ0n) is 14.4. The number of amides is 2. The van der Waals surface area contributed by atoms with Crippen molar-refractivity contribution in [2.75, 3.05) is 25.0 Å². The van der Waals surface area contributed by atoms with Crippen LogP contribution >= 0.6 is 0 Å². The van der Waals surface area contributed by atoms with E-state index in [-0.39, 0.29) is 11.8 Å². The van der Waals surface area contributed by atoms with Gasteiger partial charge in [0.25, 0.3) is 0 Å². The predicted octanol–water partition coefficient (Wildman–Crippen LogP) is 2.10. The van der Waals surface area contributed by atoms with Crippen molar-refractivity contribution in [3.8, 4) is 0 Å². The van der Waals surface area contributed by atoms with E-state index in [0.29, 0.717) is 18.9 Å². The highest BCUT2D eigenvalue weighted by Crippen LogP contribution is 2.24. The molecule has 2 amide bonds. The molecule has 1 saturated heterocycles. The van der Waals surface area contributed by atoms with Crippen LogP contribution in [-0.2, 0) is 22.4 Å². The number of benzene rings is 1. The highest BCUT2D eigenvalue weighted by Gasteiger charge is 2.23. The quantitative estimate of drug-likeness (QED) is 0.870. The van der Waals surface area contributed by atoms with Crippen molar-refractivity contribution in [2.45, 2.75) is 51.5 Å². The van der Waals surface area contributed by atoms with E-state index < -0.39 is 0 Å². The lowest BCUT2D eigenvalue weighted by atomic mass is 9.98. The second kappa shape index (κ2) is 7.79. The van der Waals surface area contributed by atoms with Gasteiger partial charge in [0, 0.05) is 31.2 Å². The molecule has 0 aromatic heterocycles. The molecule has 0 saturated carbocycles. The molecular formula is C19H27N3O2. The normalized spacial score (nSPS) is 18.2. The summed E-state index contributed by atoms with van der Waals surface area (Å²) in [5, 5.41) is 6.43. The maximum absolute atomic E-state index is 12.5. The molecule has 2 heterocycles. The first-order chi connectivity index (χ1) is 11.7. The summed E-state index contributed by atoms with van der Waals surface area (Å²) in [5.41, 5.74) is 3.08. The molecule has 5 nitrogen and oxygen atoms in total. The molecule has 0 bridgehead atoms. The minimum absolute atomic E-state index is 0.0749. The molecule has 3 rings (SSSR count). The number of aryl methyl sites for hydroxylation is 1. The first-order valence-electron chi connectivity index (χ1n) is 9.08. The number of anilines is 1. The smallest absolute Gasteiger partial charge is 0.226 e. The summed E-state index contributed by atoms with van der Waals surface area (Å²) in [5.74, 6) is 0.287. The van der Waals surface area contributed by atoms with E-state index in [0.717, 1.165) is 62.1 Å². The van der Waals surface area contributed by atoms with Crippen molar-refractivity contribution in [1.29, 1.82) is 0 Å². The van der Waals surface area contributed by atoms with Crippen LogP contribution in [0.2, 0.25) is 0 Å². The molecule has 1 aromatic carbocycles. The second-order valence-electron chi connectivity index (χ2n) is 6.83. The van der Waals surface area contributed by atoms with Crippen LogP contribution < -0.4 is 10.6 Å². The van der Waals surface area contributed by atoms with Crippen LogP contribution in [0, 0.1) is 0 Å². The lowest BCUT2D eigenvalue weighted by Gasteiger charge is -2.32. The zero-order valence-corrected chi connectivity index (χ0v) is 14.4. The Morgan fingerprint density at radius 2 is 2.08 bits per heavy atom. The van der Waals surface area contributed by atoms with Crippen molar-refractivity contribution in [1.82, 2.24) is 10.2 Å². The first-order valence-corrected chi connectivity index (χ1v) is 9.08. The number of nitrogens with one attached hydrogen (secondary N) is 2. The molecule has 0 radical (unpaired) electrons. The van der Waals surface area contributed by atoms with E-state index in [9.17, 15) is 9.59 Å². The Morgan fingerprint density at radius 1 is 1.29 bits per heavy atom. The molecule has 2 N–H and O–H groups in total. The highest BCUT2D eigenvalue weighted by atomic mass is 16.2. The lowest BCUT2D eigenvalue weighted by molar-refractivity contribution is -0.131. The molecule has 0 unspecified atom stereocenters. The maximum atomic E-state index is 12.5. The molecule has 1 aromatic rings. The number of hydrogen-bond acceptors (Lipinski definition) is 3. The fraction of sp³-hybridized carbons (Fsp3) is 0.579. The van der Waals surface area contributed by atoms with E-state index in [4.69, 9.17) is 0 Å². The van der Waals surface area contributed by atoms with Gasteiger partial charge in [-0.05, 0) is 49.4 Å². The number of piperidine rings is 1. The Bertz CT molecular complexity index is 607. The van der Waals surface area contributed by atoms with Crippen LogP contribution in [0.25, 0.3) is 0 Å². The molecule has 5 heteroatoms. The van der Waals surface area contributed by atoms with Gasteiger partial charge in [0.1, 0.15) is 0 Å². The number of carbonyl (C=O) groups excluding carboxylic acids is 2. The van der Waals surface area contributed by atoms with Gasteiger partial charge in [-0.15, -0.1) is 0 Å². The van der Waals surface area contributed by atoms with Crippen molar-refractivity contribution in [3.05, 3.63) is 29.3 Å². The second-order valence-corrected chi connectivity index (χ2v) is 6.83. The molecule has 24 heavy (non-hydrogen) atoms. The van der Waals surface area contributed by atoms with Crippen LogP contribution in [0.3, 0.4) is 0 Å². The molecular weight excluding hydrogens is 302 g/mol. The Kier molecular flexibility index (Phi) is 5.51. The first kappa shape index (κ1) is 17.0. The molecule has 0 spiro atoms. The molecule has 1 fully saturated rings.